The van der Waals surface area contributed by atoms with Crippen LogP contribution in [-0.2, 0) is 5.88 Å². The van der Waals surface area contributed by atoms with E-state index in [1.54, 1.807) is 18.2 Å². The fourth-order valence-corrected chi connectivity index (χ4v) is 1.75. The van der Waals surface area contributed by atoms with Crippen LogP contribution in [0, 0.1) is 0 Å². The van der Waals surface area contributed by atoms with E-state index in [1.165, 1.54) is 7.11 Å². The molecular weight excluding hydrogens is 230 g/mol. The smallest absolute Gasteiger partial charge is 0.289 e. The first-order valence-electron chi connectivity index (χ1n) is 3.85. The Kier molecular flexibility index (Phi) is 4.48. The lowest BCUT2D eigenvalue weighted by molar-refractivity contribution is 0.251. The summed E-state index contributed by atoms with van der Waals surface area (Å²) in [5, 5.41) is 0. The van der Waals surface area contributed by atoms with Crippen LogP contribution in [0.3, 0.4) is 0 Å². The molecule has 1 aromatic carbocycles. The maximum atomic E-state index is 12.1. The molecule has 0 heterocycles. The summed E-state index contributed by atoms with van der Waals surface area (Å²) in [5.41, 5.74) is 0.849. The van der Waals surface area contributed by atoms with E-state index in [2.05, 4.69) is 0 Å². The van der Waals surface area contributed by atoms with Crippen LogP contribution in [0.1, 0.15) is 5.56 Å². The van der Waals surface area contributed by atoms with Crippen molar-refractivity contribution in [3.05, 3.63) is 23.8 Å². The SMILES string of the molecule is COc1cc(CCl)ccc1SC(F)F. The number of rotatable bonds is 4. The van der Waals surface area contributed by atoms with Gasteiger partial charge in [0.05, 0.1) is 12.0 Å². The zero-order chi connectivity index (χ0) is 10.6. The van der Waals surface area contributed by atoms with Crippen molar-refractivity contribution >= 4 is 23.4 Å². The number of benzene rings is 1. The zero-order valence-electron chi connectivity index (χ0n) is 7.47. The van der Waals surface area contributed by atoms with Crippen LogP contribution in [0.2, 0.25) is 0 Å². The van der Waals surface area contributed by atoms with E-state index in [0.717, 1.165) is 5.56 Å². The first-order valence-corrected chi connectivity index (χ1v) is 5.26. The lowest BCUT2D eigenvalue weighted by atomic mass is 10.2. The molecule has 0 saturated carbocycles. The van der Waals surface area contributed by atoms with Crippen molar-refractivity contribution in [1.29, 1.82) is 0 Å². The summed E-state index contributed by atoms with van der Waals surface area (Å²) in [6, 6.07) is 4.96. The Morgan fingerprint density at radius 3 is 2.71 bits per heavy atom. The van der Waals surface area contributed by atoms with Gasteiger partial charge in [-0.2, -0.15) is 8.78 Å². The predicted octanol–water partition coefficient (Wildman–Crippen LogP) is 3.75. The minimum absolute atomic E-state index is 0.343. The Balaban J connectivity index is 2.93. The van der Waals surface area contributed by atoms with Gasteiger partial charge in [0.15, 0.2) is 0 Å². The van der Waals surface area contributed by atoms with Gasteiger partial charge in [0.2, 0.25) is 0 Å². The van der Waals surface area contributed by atoms with Gasteiger partial charge in [-0.15, -0.1) is 11.6 Å². The van der Waals surface area contributed by atoms with Gasteiger partial charge in [-0.3, -0.25) is 0 Å². The van der Waals surface area contributed by atoms with E-state index in [9.17, 15) is 8.78 Å². The van der Waals surface area contributed by atoms with Gasteiger partial charge in [-0.05, 0) is 17.7 Å². The van der Waals surface area contributed by atoms with Gasteiger partial charge in [-0.25, -0.2) is 0 Å². The Morgan fingerprint density at radius 2 is 2.21 bits per heavy atom. The quantitative estimate of drug-likeness (QED) is 0.584. The number of thioether (sulfide) groups is 1. The minimum Gasteiger partial charge on any atom is -0.496 e. The van der Waals surface area contributed by atoms with E-state index >= 15 is 0 Å². The molecule has 0 aromatic heterocycles. The molecule has 1 nitrogen and oxygen atoms in total. The summed E-state index contributed by atoms with van der Waals surface area (Å²) >= 11 is 6.07. The zero-order valence-corrected chi connectivity index (χ0v) is 9.04. The molecule has 0 saturated heterocycles. The van der Waals surface area contributed by atoms with Crippen LogP contribution in [-0.4, -0.2) is 12.9 Å². The summed E-state index contributed by atoms with van der Waals surface area (Å²) in [6.45, 7) is 0. The number of methoxy groups -OCH3 is 1. The second-order valence-corrected chi connectivity index (χ2v) is 3.80. The van der Waals surface area contributed by atoms with E-state index in [1.807, 2.05) is 0 Å². The molecule has 0 aliphatic rings. The second kappa shape index (κ2) is 5.41. The minimum atomic E-state index is -2.44. The van der Waals surface area contributed by atoms with Gasteiger partial charge in [0.1, 0.15) is 5.75 Å². The predicted molar refractivity (Wildman–Crippen MR) is 54.4 cm³/mol. The van der Waals surface area contributed by atoms with Gasteiger partial charge in [-0.1, -0.05) is 17.8 Å². The first-order chi connectivity index (χ1) is 6.67. The van der Waals surface area contributed by atoms with Crippen molar-refractivity contribution in [2.45, 2.75) is 16.5 Å². The molecule has 0 atom stereocenters. The highest BCUT2D eigenvalue weighted by Crippen LogP contribution is 2.34. The van der Waals surface area contributed by atoms with Gasteiger partial charge < -0.3 is 4.74 Å². The Morgan fingerprint density at radius 1 is 1.50 bits per heavy atom. The molecule has 0 N–H and O–H groups in total. The molecule has 0 bridgehead atoms. The molecule has 0 spiro atoms. The maximum absolute atomic E-state index is 12.1. The fourth-order valence-electron chi connectivity index (χ4n) is 0.988. The largest absolute Gasteiger partial charge is 0.496 e. The number of ether oxygens (including phenoxy) is 1. The third-order valence-electron chi connectivity index (χ3n) is 1.60. The molecule has 78 valence electrons. The van der Waals surface area contributed by atoms with Gasteiger partial charge >= 0.3 is 0 Å². The maximum Gasteiger partial charge on any atom is 0.289 e. The monoisotopic (exact) mass is 238 g/mol. The summed E-state index contributed by atoms with van der Waals surface area (Å²) in [5.74, 6) is -1.66. The molecule has 14 heavy (non-hydrogen) atoms. The highest BCUT2D eigenvalue weighted by atomic mass is 35.5. The molecule has 0 aliphatic heterocycles. The van der Waals surface area contributed by atoms with Gasteiger partial charge in [0, 0.05) is 5.88 Å². The van der Waals surface area contributed by atoms with Crippen LogP contribution in [0.4, 0.5) is 8.78 Å². The van der Waals surface area contributed by atoms with Crippen molar-refractivity contribution in [3.63, 3.8) is 0 Å². The summed E-state index contributed by atoms with van der Waals surface area (Å²) in [7, 11) is 1.45. The van der Waals surface area contributed by atoms with Crippen molar-refractivity contribution in [2.75, 3.05) is 7.11 Å². The van der Waals surface area contributed by atoms with Crippen LogP contribution < -0.4 is 4.74 Å². The summed E-state index contributed by atoms with van der Waals surface area (Å²) < 4.78 is 29.2. The van der Waals surface area contributed by atoms with Crippen LogP contribution in [0.15, 0.2) is 23.1 Å². The van der Waals surface area contributed by atoms with Gasteiger partial charge in [0.25, 0.3) is 5.76 Å². The number of halogens is 3. The van der Waals surface area contributed by atoms with E-state index in [4.69, 9.17) is 16.3 Å². The molecule has 0 amide bonds. The highest BCUT2D eigenvalue weighted by Gasteiger charge is 2.10. The molecule has 0 unspecified atom stereocenters. The van der Waals surface area contributed by atoms with Crippen LogP contribution >= 0.6 is 23.4 Å². The van der Waals surface area contributed by atoms with E-state index < -0.39 is 5.76 Å². The first kappa shape index (κ1) is 11.6. The molecule has 1 aromatic rings. The molecule has 0 aliphatic carbocycles. The third-order valence-corrected chi connectivity index (χ3v) is 2.68. The standard InChI is InChI=1S/C9H9ClF2OS/c1-13-7-4-6(5-10)2-3-8(7)14-9(11)12/h2-4,9H,5H2,1H3. The van der Waals surface area contributed by atoms with Crippen molar-refractivity contribution in [1.82, 2.24) is 0 Å². The lowest BCUT2D eigenvalue weighted by Gasteiger charge is -2.08. The van der Waals surface area contributed by atoms with E-state index in [0.29, 0.717) is 28.3 Å². The summed E-state index contributed by atoms with van der Waals surface area (Å²) in [6.07, 6.45) is 0. The molecule has 1 rings (SSSR count). The van der Waals surface area contributed by atoms with Crippen molar-refractivity contribution < 1.29 is 13.5 Å². The molecule has 0 radical (unpaired) electrons. The average Bonchev–Trinajstić information content (AvgIpc) is 2.17. The van der Waals surface area contributed by atoms with Crippen molar-refractivity contribution in [3.8, 4) is 5.75 Å². The highest BCUT2D eigenvalue weighted by molar-refractivity contribution is 7.99. The molecule has 0 fully saturated rings. The van der Waals surface area contributed by atoms with Crippen LogP contribution in [0.25, 0.3) is 0 Å². The van der Waals surface area contributed by atoms with Crippen LogP contribution in [0.5, 0.6) is 5.75 Å². The fraction of sp³-hybridized carbons (Fsp3) is 0.333. The third kappa shape index (κ3) is 3.03. The topological polar surface area (TPSA) is 9.23 Å². The normalized spacial score (nSPS) is 10.6. The average molecular weight is 239 g/mol. The van der Waals surface area contributed by atoms with E-state index in [-0.39, 0.29) is 0 Å². The Labute approximate surface area is 90.4 Å². The Bertz CT molecular complexity index is 307. The molecule has 5 heteroatoms. The molecular formula is C9H9ClF2OS. The summed E-state index contributed by atoms with van der Waals surface area (Å²) in [4.78, 5) is 0.427. The lowest BCUT2D eigenvalue weighted by Crippen LogP contribution is -1.90. The second-order valence-electron chi connectivity index (χ2n) is 2.50. The Hall–Kier alpha value is -0.480. The number of hydrogen-bond acceptors (Lipinski definition) is 2. The van der Waals surface area contributed by atoms with Crippen molar-refractivity contribution in [2.24, 2.45) is 0 Å². The number of alkyl halides is 3. The number of hydrogen-bond donors (Lipinski definition) is 0.